The largest absolute Gasteiger partial charge is 0.355 e. The van der Waals surface area contributed by atoms with Crippen LogP contribution in [0.1, 0.15) is 46.9 Å². The number of anilines is 4. The molecule has 2 N–H and O–H groups in total. The summed E-state index contributed by atoms with van der Waals surface area (Å²) in [7, 11) is 0. The maximum atomic E-state index is 13.0. The van der Waals surface area contributed by atoms with Crippen molar-refractivity contribution in [2.45, 2.75) is 26.2 Å². The van der Waals surface area contributed by atoms with Crippen LogP contribution in [0.2, 0.25) is 0 Å². The summed E-state index contributed by atoms with van der Waals surface area (Å²) in [5.41, 5.74) is 3.29. The highest BCUT2D eigenvalue weighted by Crippen LogP contribution is 2.26. The average Bonchev–Trinajstić information content (AvgIpc) is 2.80. The minimum Gasteiger partial charge on any atom is -0.355 e. The molecule has 7 nitrogen and oxygen atoms in total. The summed E-state index contributed by atoms with van der Waals surface area (Å²) in [4.78, 5) is 50.2. The molecule has 0 saturated carbocycles. The summed E-state index contributed by atoms with van der Waals surface area (Å²) in [6.45, 7) is 1.51. The van der Waals surface area contributed by atoms with Crippen molar-refractivity contribution < 1.29 is 19.2 Å². The molecule has 1 aliphatic heterocycles. The second-order valence-electron chi connectivity index (χ2n) is 7.79. The number of para-hydroxylation sites is 1. The van der Waals surface area contributed by atoms with Gasteiger partial charge in [-0.25, -0.2) is 0 Å². The molecule has 0 aliphatic carbocycles. The van der Waals surface area contributed by atoms with Crippen LogP contribution in [0, 0.1) is 0 Å². The molecule has 166 valence electrons. The number of hydrogen-bond acceptors (Lipinski definition) is 5. The van der Waals surface area contributed by atoms with Crippen LogP contribution >= 0.6 is 0 Å². The van der Waals surface area contributed by atoms with Crippen LogP contribution in [0.4, 0.5) is 22.7 Å². The Balaban J connectivity index is 1.53. The van der Waals surface area contributed by atoms with Gasteiger partial charge in [-0.3, -0.25) is 24.1 Å². The lowest BCUT2D eigenvalue weighted by Gasteiger charge is -2.25. The van der Waals surface area contributed by atoms with Crippen molar-refractivity contribution in [3.05, 3.63) is 83.9 Å². The van der Waals surface area contributed by atoms with E-state index >= 15 is 0 Å². The van der Waals surface area contributed by atoms with E-state index in [2.05, 4.69) is 10.6 Å². The number of rotatable bonds is 6. The Kier molecular flexibility index (Phi) is 6.31. The first kappa shape index (κ1) is 22.0. The van der Waals surface area contributed by atoms with Crippen LogP contribution in [0.25, 0.3) is 0 Å². The van der Waals surface area contributed by atoms with Gasteiger partial charge in [-0.05, 0) is 67.9 Å². The molecule has 3 aromatic rings. The van der Waals surface area contributed by atoms with E-state index in [0.29, 0.717) is 47.5 Å². The van der Waals surface area contributed by atoms with Gasteiger partial charge < -0.3 is 10.6 Å². The van der Waals surface area contributed by atoms with E-state index in [1.54, 1.807) is 66.7 Å². The highest BCUT2D eigenvalue weighted by Gasteiger charge is 2.27. The molecule has 3 aromatic carbocycles. The van der Waals surface area contributed by atoms with Crippen LogP contribution in [0.15, 0.2) is 72.8 Å². The Morgan fingerprint density at radius 2 is 1.52 bits per heavy atom. The van der Waals surface area contributed by atoms with Gasteiger partial charge in [0.2, 0.25) is 11.8 Å². The molecule has 0 spiro atoms. The van der Waals surface area contributed by atoms with Crippen molar-refractivity contribution in [3.63, 3.8) is 0 Å². The first-order valence-electron chi connectivity index (χ1n) is 10.7. The number of nitrogens with zero attached hydrogens (tertiary/aromatic N) is 1. The Morgan fingerprint density at radius 1 is 0.818 bits per heavy atom. The molecule has 0 bridgehead atoms. The lowest BCUT2D eigenvalue weighted by molar-refractivity contribution is -0.129. The molecule has 1 fully saturated rings. The summed E-state index contributed by atoms with van der Waals surface area (Å²) >= 11 is 0. The maximum Gasteiger partial charge on any atom is 0.257 e. The SMILES string of the molecule is CC(=O)c1ccc(Nc2ccccc2C(=O)Nc2cccc(N3C(=O)CCCC3=O)c2)cc1. The van der Waals surface area contributed by atoms with Gasteiger partial charge in [0.25, 0.3) is 5.91 Å². The first-order chi connectivity index (χ1) is 15.9. The minimum absolute atomic E-state index is 0.0171. The van der Waals surface area contributed by atoms with Gasteiger partial charge in [0, 0.05) is 29.8 Å². The number of amides is 3. The van der Waals surface area contributed by atoms with Crippen molar-refractivity contribution in [1.29, 1.82) is 0 Å². The molecular formula is C26H23N3O4. The molecule has 4 rings (SSSR count). The third-order valence-corrected chi connectivity index (χ3v) is 5.38. The van der Waals surface area contributed by atoms with Crippen molar-refractivity contribution in [3.8, 4) is 0 Å². The monoisotopic (exact) mass is 441 g/mol. The molecule has 0 atom stereocenters. The lowest BCUT2D eigenvalue weighted by atomic mass is 10.1. The highest BCUT2D eigenvalue weighted by molar-refractivity contribution is 6.17. The second-order valence-corrected chi connectivity index (χ2v) is 7.79. The Labute approximate surface area is 191 Å². The number of nitrogens with one attached hydrogen (secondary N) is 2. The lowest BCUT2D eigenvalue weighted by Crippen LogP contribution is -2.40. The Morgan fingerprint density at radius 3 is 2.21 bits per heavy atom. The number of ketones is 1. The fraction of sp³-hybridized carbons (Fsp3) is 0.154. The van der Waals surface area contributed by atoms with Gasteiger partial charge in [-0.15, -0.1) is 0 Å². The van der Waals surface area contributed by atoms with Crippen LogP contribution in [0.3, 0.4) is 0 Å². The fourth-order valence-electron chi connectivity index (χ4n) is 3.70. The van der Waals surface area contributed by atoms with Gasteiger partial charge in [0.1, 0.15) is 0 Å². The molecular weight excluding hydrogens is 418 g/mol. The molecule has 1 heterocycles. The van der Waals surface area contributed by atoms with E-state index in [1.165, 1.54) is 11.8 Å². The van der Waals surface area contributed by atoms with Crippen molar-refractivity contribution >= 4 is 46.3 Å². The average molecular weight is 441 g/mol. The first-order valence-corrected chi connectivity index (χ1v) is 10.7. The molecule has 7 heteroatoms. The number of imide groups is 1. The van der Waals surface area contributed by atoms with Gasteiger partial charge in [-0.2, -0.15) is 0 Å². The summed E-state index contributed by atoms with van der Waals surface area (Å²) in [5.74, 6) is -0.830. The fourth-order valence-corrected chi connectivity index (χ4v) is 3.70. The van der Waals surface area contributed by atoms with Crippen LogP contribution in [-0.2, 0) is 9.59 Å². The number of piperidine rings is 1. The van der Waals surface area contributed by atoms with Gasteiger partial charge in [-0.1, -0.05) is 18.2 Å². The topological polar surface area (TPSA) is 95.6 Å². The van der Waals surface area contributed by atoms with E-state index in [4.69, 9.17) is 0 Å². The molecule has 0 aromatic heterocycles. The van der Waals surface area contributed by atoms with Gasteiger partial charge in [0.15, 0.2) is 5.78 Å². The molecule has 3 amide bonds. The zero-order chi connectivity index (χ0) is 23.4. The van der Waals surface area contributed by atoms with Crippen LogP contribution < -0.4 is 15.5 Å². The van der Waals surface area contributed by atoms with Crippen LogP contribution in [0.5, 0.6) is 0 Å². The molecule has 33 heavy (non-hydrogen) atoms. The van der Waals surface area contributed by atoms with E-state index in [0.717, 1.165) is 5.69 Å². The zero-order valence-electron chi connectivity index (χ0n) is 18.1. The van der Waals surface area contributed by atoms with Crippen molar-refractivity contribution in [2.24, 2.45) is 0 Å². The number of hydrogen-bond donors (Lipinski definition) is 2. The van der Waals surface area contributed by atoms with E-state index < -0.39 is 0 Å². The standard InChI is InChI=1S/C26H23N3O4/c1-17(30)18-12-14-19(15-13-18)27-23-9-3-2-8-22(23)26(33)28-20-6-4-7-21(16-20)29-24(31)10-5-11-25(29)32/h2-4,6-9,12-16,27H,5,10-11H2,1H3,(H,28,33). The quantitative estimate of drug-likeness (QED) is 0.418. The normalized spacial score (nSPS) is 13.5. The highest BCUT2D eigenvalue weighted by atomic mass is 16.2. The van der Waals surface area contributed by atoms with Crippen molar-refractivity contribution in [2.75, 3.05) is 15.5 Å². The van der Waals surface area contributed by atoms with Crippen LogP contribution in [-0.4, -0.2) is 23.5 Å². The van der Waals surface area contributed by atoms with Crippen molar-refractivity contribution in [1.82, 2.24) is 0 Å². The minimum atomic E-state index is -0.341. The third kappa shape index (κ3) is 4.98. The number of Topliss-reactive ketones (excluding diaryl/α,β-unsaturated/α-hetero) is 1. The third-order valence-electron chi connectivity index (χ3n) is 5.38. The zero-order valence-corrected chi connectivity index (χ0v) is 18.1. The van der Waals surface area contributed by atoms with Gasteiger partial charge >= 0.3 is 0 Å². The number of carbonyl (C=O) groups is 4. The number of benzene rings is 3. The maximum absolute atomic E-state index is 13.0. The van der Waals surface area contributed by atoms with E-state index in [1.807, 2.05) is 6.07 Å². The Bertz CT molecular complexity index is 1220. The van der Waals surface area contributed by atoms with Gasteiger partial charge in [0.05, 0.1) is 16.9 Å². The molecule has 1 aliphatic rings. The Hall–Kier alpha value is -4.26. The second kappa shape index (κ2) is 9.48. The predicted octanol–water partition coefficient (Wildman–Crippen LogP) is 4.93. The molecule has 1 saturated heterocycles. The molecule has 0 radical (unpaired) electrons. The summed E-state index contributed by atoms with van der Waals surface area (Å²) in [5, 5.41) is 6.06. The smallest absolute Gasteiger partial charge is 0.257 e. The summed E-state index contributed by atoms with van der Waals surface area (Å²) in [6.07, 6.45) is 1.22. The van der Waals surface area contributed by atoms with E-state index in [-0.39, 0.29) is 23.5 Å². The van der Waals surface area contributed by atoms with E-state index in [9.17, 15) is 19.2 Å². The summed E-state index contributed by atoms with van der Waals surface area (Å²) < 4.78 is 0. The summed E-state index contributed by atoms with van der Waals surface area (Å²) in [6, 6.07) is 20.8. The number of carbonyl (C=O) groups excluding carboxylic acids is 4. The predicted molar refractivity (Wildman–Crippen MR) is 127 cm³/mol. The molecule has 0 unspecified atom stereocenters.